The van der Waals surface area contributed by atoms with Gasteiger partial charge in [0.1, 0.15) is 0 Å². The minimum absolute atomic E-state index is 0.141. The number of rotatable bonds is 4. The van der Waals surface area contributed by atoms with E-state index >= 15 is 0 Å². The number of esters is 1. The molecule has 0 rings (SSSR count). The van der Waals surface area contributed by atoms with Crippen LogP contribution in [0.25, 0.3) is 0 Å². The van der Waals surface area contributed by atoms with Crippen molar-refractivity contribution in [2.24, 2.45) is 0 Å². The maximum atomic E-state index is 10.7. The number of ether oxygens (including phenoxy) is 1. The standard InChI is InChI=1S/C7H10O5/c1-3-5(8)7(10,11)12-6(9)4-2/h4,10-11H,2-3H2,1H3. The Labute approximate surface area is 69.3 Å². The van der Waals surface area contributed by atoms with E-state index in [1.807, 2.05) is 0 Å². The highest BCUT2D eigenvalue weighted by atomic mass is 16.8. The predicted molar refractivity (Wildman–Crippen MR) is 38.8 cm³/mol. The zero-order chi connectivity index (χ0) is 9.78. The smallest absolute Gasteiger partial charge is 0.388 e. The Morgan fingerprint density at radius 3 is 2.42 bits per heavy atom. The normalized spacial score (nSPS) is 10.6. The molecule has 0 saturated heterocycles. The van der Waals surface area contributed by atoms with E-state index in [1.54, 1.807) is 0 Å². The molecule has 0 fully saturated rings. The second-order valence-electron chi connectivity index (χ2n) is 2.01. The van der Waals surface area contributed by atoms with Gasteiger partial charge >= 0.3 is 11.9 Å². The number of carbonyl (C=O) groups is 2. The van der Waals surface area contributed by atoms with Crippen molar-refractivity contribution < 1.29 is 24.5 Å². The molecule has 0 atom stereocenters. The van der Waals surface area contributed by atoms with Crippen LogP contribution in [-0.2, 0) is 14.3 Å². The van der Waals surface area contributed by atoms with Gasteiger partial charge in [-0.2, -0.15) is 0 Å². The molecule has 12 heavy (non-hydrogen) atoms. The molecular formula is C7H10O5. The molecule has 0 aliphatic heterocycles. The molecule has 0 unspecified atom stereocenters. The van der Waals surface area contributed by atoms with Crippen LogP contribution in [0.3, 0.4) is 0 Å². The molecule has 0 aromatic heterocycles. The molecule has 0 saturated carbocycles. The summed E-state index contributed by atoms with van der Waals surface area (Å²) in [6, 6.07) is 0. The van der Waals surface area contributed by atoms with Gasteiger partial charge in [-0.25, -0.2) is 4.79 Å². The summed E-state index contributed by atoms with van der Waals surface area (Å²) in [7, 11) is 0. The molecular weight excluding hydrogens is 164 g/mol. The Kier molecular flexibility index (Phi) is 3.59. The monoisotopic (exact) mass is 174 g/mol. The van der Waals surface area contributed by atoms with Crippen LogP contribution in [0.4, 0.5) is 0 Å². The van der Waals surface area contributed by atoms with Crippen LogP contribution in [0.1, 0.15) is 13.3 Å². The fraction of sp³-hybridized carbons (Fsp3) is 0.429. The molecule has 2 N–H and O–H groups in total. The molecule has 0 aromatic rings. The summed E-state index contributed by atoms with van der Waals surface area (Å²) < 4.78 is 3.94. The number of carbonyl (C=O) groups excluding carboxylic acids is 2. The van der Waals surface area contributed by atoms with Crippen molar-refractivity contribution >= 4 is 11.8 Å². The lowest BCUT2D eigenvalue weighted by Crippen LogP contribution is -2.42. The Bertz CT molecular complexity index is 206. The fourth-order valence-corrected chi connectivity index (χ4v) is 0.469. The quantitative estimate of drug-likeness (QED) is 0.335. The number of aliphatic hydroxyl groups is 2. The van der Waals surface area contributed by atoms with E-state index in [0.29, 0.717) is 0 Å². The molecule has 0 radical (unpaired) electrons. The second-order valence-corrected chi connectivity index (χ2v) is 2.01. The summed E-state index contributed by atoms with van der Waals surface area (Å²) in [6.45, 7) is 4.43. The second kappa shape index (κ2) is 3.99. The number of hydrogen-bond donors (Lipinski definition) is 2. The maximum absolute atomic E-state index is 10.7. The topological polar surface area (TPSA) is 83.8 Å². The predicted octanol–water partition coefficient (Wildman–Crippen LogP) is -0.667. The van der Waals surface area contributed by atoms with Crippen LogP contribution in [0.2, 0.25) is 0 Å². The van der Waals surface area contributed by atoms with Gasteiger partial charge < -0.3 is 14.9 Å². The van der Waals surface area contributed by atoms with Gasteiger partial charge in [-0.15, -0.1) is 0 Å². The van der Waals surface area contributed by atoms with Crippen LogP contribution in [-0.4, -0.2) is 27.9 Å². The summed E-state index contributed by atoms with van der Waals surface area (Å²) in [6.07, 6.45) is 0.585. The average molecular weight is 174 g/mol. The van der Waals surface area contributed by atoms with E-state index in [-0.39, 0.29) is 6.42 Å². The first-order valence-electron chi connectivity index (χ1n) is 3.27. The molecule has 0 heterocycles. The lowest BCUT2D eigenvalue weighted by atomic mass is 10.3. The van der Waals surface area contributed by atoms with Crippen molar-refractivity contribution in [1.29, 1.82) is 0 Å². The lowest BCUT2D eigenvalue weighted by molar-refractivity contribution is -0.294. The summed E-state index contributed by atoms with van der Waals surface area (Å²) >= 11 is 0. The zero-order valence-corrected chi connectivity index (χ0v) is 6.61. The third-order valence-electron chi connectivity index (χ3n) is 1.09. The van der Waals surface area contributed by atoms with E-state index in [4.69, 9.17) is 10.2 Å². The molecule has 5 nitrogen and oxygen atoms in total. The molecule has 0 aromatic carbocycles. The van der Waals surface area contributed by atoms with Gasteiger partial charge in [0.2, 0.25) is 5.78 Å². The first-order valence-corrected chi connectivity index (χ1v) is 3.27. The summed E-state index contributed by atoms with van der Waals surface area (Å²) in [4.78, 5) is 21.1. The number of Topliss-reactive ketones (excluding diaryl/α,β-unsaturated/α-hetero) is 1. The van der Waals surface area contributed by atoms with Gasteiger partial charge in [0.25, 0.3) is 0 Å². The van der Waals surface area contributed by atoms with E-state index in [0.717, 1.165) is 6.08 Å². The minimum Gasteiger partial charge on any atom is -0.398 e. The molecule has 0 bridgehead atoms. The summed E-state index contributed by atoms with van der Waals surface area (Å²) in [5.41, 5.74) is 0. The average Bonchev–Trinajstić information content (AvgIpc) is 2.02. The van der Waals surface area contributed by atoms with Crippen molar-refractivity contribution in [2.75, 3.05) is 0 Å². The molecule has 68 valence electrons. The van der Waals surface area contributed by atoms with Crippen molar-refractivity contribution in [3.05, 3.63) is 12.7 Å². The Morgan fingerprint density at radius 1 is 1.58 bits per heavy atom. The van der Waals surface area contributed by atoms with Crippen LogP contribution in [0.5, 0.6) is 0 Å². The Morgan fingerprint density at radius 2 is 2.08 bits per heavy atom. The van der Waals surface area contributed by atoms with Crippen LogP contribution in [0.15, 0.2) is 12.7 Å². The van der Waals surface area contributed by atoms with Gasteiger partial charge in [-0.3, -0.25) is 4.79 Å². The van der Waals surface area contributed by atoms with Gasteiger partial charge in [0.05, 0.1) is 0 Å². The Balaban J connectivity index is 4.31. The number of ketones is 1. The highest BCUT2D eigenvalue weighted by Gasteiger charge is 2.35. The number of hydrogen-bond acceptors (Lipinski definition) is 5. The molecule has 0 aliphatic carbocycles. The van der Waals surface area contributed by atoms with Crippen molar-refractivity contribution in [3.63, 3.8) is 0 Å². The van der Waals surface area contributed by atoms with E-state index in [9.17, 15) is 9.59 Å². The van der Waals surface area contributed by atoms with E-state index < -0.39 is 17.7 Å². The van der Waals surface area contributed by atoms with Crippen LogP contribution in [0, 0.1) is 0 Å². The van der Waals surface area contributed by atoms with E-state index in [2.05, 4.69) is 11.3 Å². The third kappa shape index (κ3) is 2.81. The van der Waals surface area contributed by atoms with Crippen LogP contribution >= 0.6 is 0 Å². The van der Waals surface area contributed by atoms with Crippen molar-refractivity contribution in [2.45, 2.75) is 19.3 Å². The largest absolute Gasteiger partial charge is 0.398 e. The third-order valence-corrected chi connectivity index (χ3v) is 1.09. The van der Waals surface area contributed by atoms with Crippen molar-refractivity contribution in [1.82, 2.24) is 0 Å². The Hall–Kier alpha value is -1.20. The van der Waals surface area contributed by atoms with Gasteiger partial charge in [0, 0.05) is 12.5 Å². The van der Waals surface area contributed by atoms with Crippen LogP contribution < -0.4 is 0 Å². The van der Waals surface area contributed by atoms with Gasteiger partial charge in [-0.05, 0) is 0 Å². The molecule has 0 aliphatic rings. The molecule has 0 amide bonds. The minimum atomic E-state index is -3.03. The first-order chi connectivity index (χ1) is 5.44. The summed E-state index contributed by atoms with van der Waals surface area (Å²) in [5.74, 6) is -5.08. The molecule has 0 spiro atoms. The maximum Gasteiger partial charge on any atom is 0.388 e. The SMILES string of the molecule is C=CC(=O)OC(O)(O)C(=O)CC. The van der Waals surface area contributed by atoms with E-state index in [1.165, 1.54) is 6.92 Å². The lowest BCUT2D eigenvalue weighted by Gasteiger charge is -2.17. The van der Waals surface area contributed by atoms with Gasteiger partial charge in [0.15, 0.2) is 0 Å². The highest BCUT2D eigenvalue weighted by molar-refractivity contribution is 5.88. The summed E-state index contributed by atoms with van der Waals surface area (Å²) in [5, 5.41) is 17.6. The zero-order valence-electron chi connectivity index (χ0n) is 6.61. The molecule has 5 heteroatoms. The van der Waals surface area contributed by atoms with Gasteiger partial charge in [-0.1, -0.05) is 13.5 Å². The van der Waals surface area contributed by atoms with Crippen molar-refractivity contribution in [3.8, 4) is 0 Å². The fourth-order valence-electron chi connectivity index (χ4n) is 0.469. The highest BCUT2D eigenvalue weighted by Crippen LogP contribution is 2.06. The first kappa shape index (κ1) is 10.8.